The first-order valence-corrected chi connectivity index (χ1v) is 5.57. The minimum atomic E-state index is -0.433. The van der Waals surface area contributed by atoms with Crippen LogP contribution in [0.15, 0.2) is 21.4 Å². The lowest BCUT2D eigenvalue weighted by atomic mass is 10.0. The molecule has 0 unspecified atom stereocenters. The number of aromatic amines is 1. The molecule has 3 nitrogen and oxygen atoms in total. The van der Waals surface area contributed by atoms with Gasteiger partial charge in [-0.15, -0.1) is 0 Å². The molecule has 0 spiro atoms. The number of halogens is 2. The lowest BCUT2D eigenvalue weighted by molar-refractivity contribution is 0.134. The fourth-order valence-corrected chi connectivity index (χ4v) is 2.56. The summed E-state index contributed by atoms with van der Waals surface area (Å²) >= 11 is 3.20. The molecule has 3 rings (SSSR count). The average molecular weight is 284 g/mol. The van der Waals surface area contributed by atoms with E-state index in [2.05, 4.69) is 20.9 Å². The van der Waals surface area contributed by atoms with Gasteiger partial charge < -0.3 is 9.72 Å². The first-order chi connectivity index (χ1) is 7.68. The van der Waals surface area contributed by atoms with E-state index in [0.29, 0.717) is 23.1 Å². The van der Waals surface area contributed by atoms with Crippen molar-refractivity contribution in [3.8, 4) is 0 Å². The SMILES string of the molecule is O=c1ccc2c3c(c(Br)c(F)c2[nH]1)COC3. The summed E-state index contributed by atoms with van der Waals surface area (Å²) < 4.78 is 19.6. The smallest absolute Gasteiger partial charge is 0.248 e. The lowest BCUT2D eigenvalue weighted by Crippen LogP contribution is -2.06. The number of hydrogen-bond donors (Lipinski definition) is 1. The van der Waals surface area contributed by atoms with Gasteiger partial charge in [-0.3, -0.25) is 4.79 Å². The van der Waals surface area contributed by atoms with Gasteiger partial charge in [-0.05, 0) is 27.6 Å². The second-order valence-corrected chi connectivity index (χ2v) is 4.48. The normalized spacial score (nSPS) is 14.4. The van der Waals surface area contributed by atoms with Gasteiger partial charge in [-0.25, -0.2) is 4.39 Å². The zero-order valence-electron chi connectivity index (χ0n) is 8.14. The molecule has 0 saturated heterocycles. The van der Waals surface area contributed by atoms with E-state index in [4.69, 9.17) is 4.74 Å². The number of fused-ring (bicyclic) bond motifs is 3. The summed E-state index contributed by atoms with van der Waals surface area (Å²) in [4.78, 5) is 13.7. The molecule has 1 aliphatic rings. The van der Waals surface area contributed by atoms with E-state index in [-0.39, 0.29) is 11.1 Å². The summed E-state index contributed by atoms with van der Waals surface area (Å²) in [5.74, 6) is -0.433. The van der Waals surface area contributed by atoms with Crippen LogP contribution in [0.4, 0.5) is 4.39 Å². The van der Waals surface area contributed by atoms with Crippen LogP contribution in [0.2, 0.25) is 0 Å². The van der Waals surface area contributed by atoms with Crippen molar-refractivity contribution in [3.63, 3.8) is 0 Å². The van der Waals surface area contributed by atoms with Gasteiger partial charge in [-0.2, -0.15) is 0 Å². The summed E-state index contributed by atoms with van der Waals surface area (Å²) in [5.41, 5.74) is 1.71. The average Bonchev–Trinajstić information content (AvgIpc) is 2.75. The molecule has 82 valence electrons. The van der Waals surface area contributed by atoms with Crippen LogP contribution in [0.3, 0.4) is 0 Å². The summed E-state index contributed by atoms with van der Waals surface area (Å²) in [7, 11) is 0. The van der Waals surface area contributed by atoms with Crippen molar-refractivity contribution in [1.29, 1.82) is 0 Å². The number of H-pyrrole nitrogens is 1. The van der Waals surface area contributed by atoms with Crippen molar-refractivity contribution in [2.24, 2.45) is 0 Å². The molecule has 0 fully saturated rings. The second kappa shape index (κ2) is 3.40. The molecular weight excluding hydrogens is 277 g/mol. The van der Waals surface area contributed by atoms with Gasteiger partial charge in [0.05, 0.1) is 23.2 Å². The Bertz CT molecular complexity index is 650. The third kappa shape index (κ3) is 1.25. The van der Waals surface area contributed by atoms with Crippen LogP contribution < -0.4 is 5.56 Å². The predicted octanol–water partition coefficient (Wildman–Crippen LogP) is 2.46. The van der Waals surface area contributed by atoms with Gasteiger partial charge in [0.2, 0.25) is 5.56 Å². The van der Waals surface area contributed by atoms with Crippen LogP contribution in [0.25, 0.3) is 10.9 Å². The Hall–Kier alpha value is -1.20. The Labute approximate surface area is 98.4 Å². The van der Waals surface area contributed by atoms with Crippen molar-refractivity contribution in [1.82, 2.24) is 4.98 Å². The Morgan fingerprint density at radius 3 is 2.88 bits per heavy atom. The van der Waals surface area contributed by atoms with E-state index in [9.17, 15) is 9.18 Å². The summed E-state index contributed by atoms with van der Waals surface area (Å²) in [6.07, 6.45) is 0. The highest BCUT2D eigenvalue weighted by Gasteiger charge is 2.22. The first kappa shape index (κ1) is 9.99. The second-order valence-electron chi connectivity index (χ2n) is 3.69. The Morgan fingerprint density at radius 2 is 2.06 bits per heavy atom. The number of pyridine rings is 1. The molecule has 1 aromatic carbocycles. The fraction of sp³-hybridized carbons (Fsp3) is 0.182. The van der Waals surface area contributed by atoms with Crippen LogP contribution in [0.5, 0.6) is 0 Å². The van der Waals surface area contributed by atoms with E-state index in [1.807, 2.05) is 0 Å². The summed E-state index contributed by atoms with van der Waals surface area (Å²) in [6, 6.07) is 3.03. The van der Waals surface area contributed by atoms with Gasteiger partial charge in [-0.1, -0.05) is 0 Å². The number of benzene rings is 1. The quantitative estimate of drug-likeness (QED) is 0.807. The van der Waals surface area contributed by atoms with Gasteiger partial charge in [0.15, 0.2) is 5.82 Å². The molecule has 16 heavy (non-hydrogen) atoms. The van der Waals surface area contributed by atoms with Crippen LogP contribution in [-0.4, -0.2) is 4.98 Å². The topological polar surface area (TPSA) is 42.1 Å². The number of hydrogen-bond acceptors (Lipinski definition) is 2. The third-order valence-electron chi connectivity index (χ3n) is 2.78. The first-order valence-electron chi connectivity index (χ1n) is 4.78. The highest BCUT2D eigenvalue weighted by Crippen LogP contribution is 2.35. The maximum absolute atomic E-state index is 14.0. The fourth-order valence-electron chi connectivity index (χ4n) is 2.01. The molecule has 1 aliphatic heterocycles. The molecule has 0 saturated carbocycles. The number of ether oxygens (including phenoxy) is 1. The lowest BCUT2D eigenvalue weighted by Gasteiger charge is -2.07. The maximum atomic E-state index is 14.0. The molecule has 1 aromatic heterocycles. The molecule has 5 heteroatoms. The Kier molecular flexibility index (Phi) is 2.12. The van der Waals surface area contributed by atoms with E-state index >= 15 is 0 Å². The van der Waals surface area contributed by atoms with Crippen molar-refractivity contribution >= 4 is 26.8 Å². The predicted molar refractivity (Wildman–Crippen MR) is 60.7 cm³/mol. The largest absolute Gasteiger partial charge is 0.372 e. The van der Waals surface area contributed by atoms with Crippen molar-refractivity contribution < 1.29 is 9.13 Å². The monoisotopic (exact) mass is 283 g/mol. The Morgan fingerprint density at radius 1 is 1.31 bits per heavy atom. The van der Waals surface area contributed by atoms with Gasteiger partial charge in [0.25, 0.3) is 0 Å². The number of nitrogens with one attached hydrogen (secondary N) is 1. The summed E-state index contributed by atoms with van der Waals surface area (Å²) in [6.45, 7) is 0.860. The zero-order chi connectivity index (χ0) is 11.3. The van der Waals surface area contributed by atoms with E-state index in [1.54, 1.807) is 6.07 Å². The Balaban J connectivity index is 2.54. The molecule has 2 aromatic rings. The van der Waals surface area contributed by atoms with Crippen LogP contribution in [-0.2, 0) is 18.0 Å². The molecular formula is C11H7BrFNO2. The van der Waals surface area contributed by atoms with Crippen molar-refractivity contribution in [2.75, 3.05) is 0 Å². The molecule has 0 atom stereocenters. The van der Waals surface area contributed by atoms with E-state index in [0.717, 1.165) is 11.1 Å². The summed E-state index contributed by atoms with van der Waals surface area (Å²) in [5, 5.41) is 0.716. The van der Waals surface area contributed by atoms with Crippen LogP contribution in [0, 0.1) is 5.82 Å². The third-order valence-corrected chi connectivity index (χ3v) is 3.60. The number of rotatable bonds is 0. The minimum Gasteiger partial charge on any atom is -0.372 e. The van der Waals surface area contributed by atoms with E-state index < -0.39 is 5.82 Å². The maximum Gasteiger partial charge on any atom is 0.248 e. The minimum absolute atomic E-state index is 0.239. The molecule has 2 heterocycles. The molecule has 0 amide bonds. The van der Waals surface area contributed by atoms with Gasteiger partial charge in [0, 0.05) is 17.0 Å². The van der Waals surface area contributed by atoms with Crippen LogP contribution in [0.1, 0.15) is 11.1 Å². The highest BCUT2D eigenvalue weighted by atomic mass is 79.9. The highest BCUT2D eigenvalue weighted by molar-refractivity contribution is 9.10. The van der Waals surface area contributed by atoms with Gasteiger partial charge in [0.1, 0.15) is 0 Å². The zero-order valence-corrected chi connectivity index (χ0v) is 9.73. The standard InChI is InChI=1S/C11H7BrFNO2/c12-9-7-4-16-3-6(7)5-1-2-8(15)14-11(5)10(9)13/h1-2H,3-4H2,(H,14,15). The van der Waals surface area contributed by atoms with Crippen molar-refractivity contribution in [3.05, 3.63) is 43.9 Å². The van der Waals surface area contributed by atoms with E-state index in [1.165, 1.54) is 6.07 Å². The molecule has 1 N–H and O–H groups in total. The van der Waals surface area contributed by atoms with Gasteiger partial charge >= 0.3 is 0 Å². The van der Waals surface area contributed by atoms with Crippen LogP contribution >= 0.6 is 15.9 Å². The molecule has 0 bridgehead atoms. The molecule has 0 radical (unpaired) electrons. The number of aromatic nitrogens is 1. The molecule has 0 aliphatic carbocycles. The van der Waals surface area contributed by atoms with Crippen molar-refractivity contribution in [2.45, 2.75) is 13.2 Å².